The Hall–Kier alpha value is -2.64. The number of aromatic nitrogens is 3. The molecule has 2 heterocycles. The first-order chi connectivity index (χ1) is 12.4. The summed E-state index contributed by atoms with van der Waals surface area (Å²) in [5, 5.41) is 13.6. The van der Waals surface area contributed by atoms with Gasteiger partial charge < -0.3 is 9.84 Å². The van der Waals surface area contributed by atoms with Gasteiger partial charge in [-0.15, -0.1) is 5.10 Å². The third-order valence-electron chi connectivity index (χ3n) is 4.50. The second kappa shape index (κ2) is 7.31. The van der Waals surface area contributed by atoms with Gasteiger partial charge in [0.15, 0.2) is 0 Å². The molecule has 140 valence electrons. The van der Waals surface area contributed by atoms with Crippen molar-refractivity contribution in [1.82, 2.24) is 14.3 Å². The molecule has 1 aromatic carbocycles. The van der Waals surface area contributed by atoms with Gasteiger partial charge in [-0.25, -0.2) is 14.0 Å². The summed E-state index contributed by atoms with van der Waals surface area (Å²) in [6, 6.07) is 2.14. The zero-order valence-corrected chi connectivity index (χ0v) is 14.9. The van der Waals surface area contributed by atoms with E-state index in [1.54, 1.807) is 0 Å². The van der Waals surface area contributed by atoms with Crippen LogP contribution in [0.4, 0.5) is 4.39 Å². The summed E-state index contributed by atoms with van der Waals surface area (Å²) in [5.74, 6) is -1.46. The Kier molecular flexibility index (Phi) is 5.11. The molecule has 3 rings (SSSR count). The van der Waals surface area contributed by atoms with Crippen molar-refractivity contribution in [3.05, 3.63) is 39.8 Å². The van der Waals surface area contributed by atoms with Crippen molar-refractivity contribution >= 4 is 5.97 Å². The molecule has 1 aliphatic rings. The first kappa shape index (κ1) is 18.2. The van der Waals surface area contributed by atoms with Crippen LogP contribution in [-0.2, 0) is 13.0 Å². The number of hydrogen-bond acceptors (Lipinski definition) is 4. The van der Waals surface area contributed by atoms with E-state index in [-0.39, 0.29) is 23.1 Å². The first-order valence-electron chi connectivity index (χ1n) is 8.85. The molecule has 7 nitrogen and oxygen atoms in total. The van der Waals surface area contributed by atoms with Gasteiger partial charge in [0.25, 0.3) is 0 Å². The Morgan fingerprint density at radius 2 is 2.19 bits per heavy atom. The van der Waals surface area contributed by atoms with Crippen LogP contribution in [0.25, 0.3) is 5.69 Å². The van der Waals surface area contributed by atoms with E-state index >= 15 is 0 Å². The highest BCUT2D eigenvalue weighted by atomic mass is 19.1. The number of aromatic carboxylic acids is 1. The van der Waals surface area contributed by atoms with E-state index in [4.69, 9.17) is 4.74 Å². The third kappa shape index (κ3) is 3.36. The van der Waals surface area contributed by atoms with Gasteiger partial charge >= 0.3 is 11.7 Å². The van der Waals surface area contributed by atoms with Crippen molar-refractivity contribution in [2.24, 2.45) is 0 Å². The molecule has 2 aromatic rings. The van der Waals surface area contributed by atoms with Gasteiger partial charge in [-0.1, -0.05) is 13.3 Å². The molecule has 0 saturated heterocycles. The Balaban J connectivity index is 2.09. The van der Waals surface area contributed by atoms with Crippen molar-refractivity contribution in [1.29, 1.82) is 0 Å². The Morgan fingerprint density at radius 3 is 2.85 bits per heavy atom. The molecule has 0 amide bonds. The fourth-order valence-corrected chi connectivity index (χ4v) is 3.21. The maximum Gasteiger partial charge on any atom is 0.350 e. The van der Waals surface area contributed by atoms with Crippen molar-refractivity contribution < 1.29 is 19.0 Å². The second-order valence-electron chi connectivity index (χ2n) is 6.54. The number of carboxylic acids is 1. The number of aryl methyl sites for hydroxylation is 1. The Bertz CT molecular complexity index is 887. The first-order valence-corrected chi connectivity index (χ1v) is 8.85. The van der Waals surface area contributed by atoms with Gasteiger partial charge in [-0.3, -0.25) is 4.57 Å². The molecule has 0 fully saturated rings. The van der Waals surface area contributed by atoms with Crippen LogP contribution in [0.5, 0.6) is 5.75 Å². The summed E-state index contributed by atoms with van der Waals surface area (Å²) in [6.07, 6.45) is 3.83. The molecule has 0 unspecified atom stereocenters. The van der Waals surface area contributed by atoms with E-state index < -0.39 is 17.5 Å². The van der Waals surface area contributed by atoms with Crippen LogP contribution in [0.15, 0.2) is 16.9 Å². The fraction of sp³-hybridized carbons (Fsp3) is 0.500. The number of halogens is 1. The lowest BCUT2D eigenvalue weighted by atomic mass is 10.1. The Labute approximate surface area is 150 Å². The molecule has 0 radical (unpaired) electrons. The van der Waals surface area contributed by atoms with Crippen LogP contribution in [0.2, 0.25) is 0 Å². The minimum atomic E-state index is -1.29. The summed E-state index contributed by atoms with van der Waals surface area (Å²) in [5.41, 5.74) is -0.791. The van der Waals surface area contributed by atoms with Crippen molar-refractivity contribution in [2.45, 2.75) is 58.6 Å². The topological polar surface area (TPSA) is 86.4 Å². The van der Waals surface area contributed by atoms with Gasteiger partial charge in [0.1, 0.15) is 28.6 Å². The molecule has 26 heavy (non-hydrogen) atoms. The average Bonchev–Trinajstić information content (AvgIpc) is 2.93. The zero-order valence-electron chi connectivity index (χ0n) is 14.9. The summed E-state index contributed by atoms with van der Waals surface area (Å²) in [7, 11) is 0. The highest BCUT2D eigenvalue weighted by Crippen LogP contribution is 2.27. The predicted molar refractivity (Wildman–Crippen MR) is 92.7 cm³/mol. The largest absolute Gasteiger partial charge is 0.490 e. The molecule has 8 heteroatoms. The van der Waals surface area contributed by atoms with Gasteiger partial charge in [0.05, 0.1) is 6.10 Å². The molecular weight excluding hydrogens is 341 g/mol. The maximum absolute atomic E-state index is 14.6. The van der Waals surface area contributed by atoms with Gasteiger partial charge in [-0.2, -0.15) is 4.68 Å². The number of carboxylic acid groups (broad SMARTS) is 1. The maximum atomic E-state index is 14.6. The smallest absolute Gasteiger partial charge is 0.350 e. The summed E-state index contributed by atoms with van der Waals surface area (Å²) >= 11 is 0. The average molecular weight is 363 g/mol. The quantitative estimate of drug-likeness (QED) is 0.853. The number of ether oxygens (including phenoxy) is 1. The molecule has 1 atom stereocenters. The predicted octanol–water partition coefficient (Wildman–Crippen LogP) is 2.78. The van der Waals surface area contributed by atoms with Gasteiger partial charge in [0.2, 0.25) is 0 Å². The molecule has 1 N–H and O–H groups in total. The summed E-state index contributed by atoms with van der Waals surface area (Å²) < 4.78 is 22.8. The fourth-order valence-electron chi connectivity index (χ4n) is 3.21. The van der Waals surface area contributed by atoms with Crippen LogP contribution in [0.3, 0.4) is 0 Å². The molecule has 1 aliphatic heterocycles. The zero-order chi connectivity index (χ0) is 18.8. The van der Waals surface area contributed by atoms with Gasteiger partial charge in [0, 0.05) is 19.0 Å². The summed E-state index contributed by atoms with van der Waals surface area (Å²) in [4.78, 5) is 24.0. The third-order valence-corrected chi connectivity index (χ3v) is 4.50. The van der Waals surface area contributed by atoms with E-state index in [0.717, 1.165) is 36.4 Å². The second-order valence-corrected chi connectivity index (χ2v) is 6.54. The van der Waals surface area contributed by atoms with E-state index in [0.29, 0.717) is 18.8 Å². The number of rotatable bonds is 6. The number of fused-ring (bicyclic) bond motifs is 1. The van der Waals surface area contributed by atoms with Crippen molar-refractivity contribution in [2.75, 3.05) is 0 Å². The van der Waals surface area contributed by atoms with Crippen LogP contribution in [0.1, 0.15) is 55.7 Å². The van der Waals surface area contributed by atoms with E-state index in [1.165, 1.54) is 10.6 Å². The van der Waals surface area contributed by atoms with E-state index in [2.05, 4.69) is 5.10 Å². The SMILES string of the molecule is CCC[C@H](C)Oc1cc(-n2nc3n(c2=O)CCCC3)c(F)cc1C(=O)O. The van der Waals surface area contributed by atoms with Crippen molar-refractivity contribution in [3.8, 4) is 11.4 Å². The highest BCUT2D eigenvalue weighted by Gasteiger charge is 2.23. The Morgan fingerprint density at radius 1 is 1.42 bits per heavy atom. The van der Waals surface area contributed by atoms with Crippen LogP contribution >= 0.6 is 0 Å². The molecule has 0 aliphatic carbocycles. The van der Waals surface area contributed by atoms with Crippen LogP contribution in [-0.4, -0.2) is 31.5 Å². The molecule has 0 spiro atoms. The minimum absolute atomic E-state index is 0.0349. The summed E-state index contributed by atoms with van der Waals surface area (Å²) in [6.45, 7) is 4.36. The van der Waals surface area contributed by atoms with Gasteiger partial charge in [-0.05, 0) is 32.3 Å². The lowest BCUT2D eigenvalue weighted by Crippen LogP contribution is -2.26. The van der Waals surface area contributed by atoms with Crippen molar-refractivity contribution in [3.63, 3.8) is 0 Å². The normalized spacial score (nSPS) is 14.7. The molecule has 0 bridgehead atoms. The number of nitrogens with zero attached hydrogens (tertiary/aromatic N) is 3. The monoisotopic (exact) mass is 363 g/mol. The number of benzene rings is 1. The number of hydrogen-bond donors (Lipinski definition) is 1. The molecule has 1 aromatic heterocycles. The molecule has 0 saturated carbocycles. The lowest BCUT2D eigenvalue weighted by molar-refractivity contribution is 0.0689. The van der Waals surface area contributed by atoms with E-state index in [9.17, 15) is 19.1 Å². The van der Waals surface area contributed by atoms with Crippen LogP contribution in [0, 0.1) is 5.82 Å². The standard InChI is InChI=1S/C18H22FN3O4/c1-3-6-11(2)26-15-10-14(13(19)9-12(15)17(23)24)22-18(25)21-8-5-4-7-16(21)20-22/h9-11H,3-8H2,1-2H3,(H,23,24)/t11-/m0/s1. The molecular formula is C18H22FN3O4. The van der Waals surface area contributed by atoms with E-state index in [1.807, 2.05) is 13.8 Å². The lowest BCUT2D eigenvalue weighted by Gasteiger charge is -2.17. The number of carbonyl (C=O) groups is 1. The minimum Gasteiger partial charge on any atom is -0.490 e. The highest BCUT2D eigenvalue weighted by molar-refractivity contribution is 5.91. The van der Waals surface area contributed by atoms with Crippen LogP contribution < -0.4 is 10.4 Å².